The van der Waals surface area contributed by atoms with Crippen LogP contribution in [0.1, 0.15) is 56.2 Å². The van der Waals surface area contributed by atoms with Crippen LogP contribution in [0.15, 0.2) is 48.5 Å². The van der Waals surface area contributed by atoms with E-state index in [4.69, 9.17) is 14.2 Å². The number of fused-ring (bicyclic) bond motifs is 4. The largest absolute Gasteiger partial charge is 0.486 e. The number of H-pyrrole nitrogens is 1. The van der Waals surface area contributed by atoms with Crippen LogP contribution in [-0.2, 0) is 24.1 Å². The second kappa shape index (κ2) is 9.47. The minimum absolute atomic E-state index is 0.172. The predicted octanol–water partition coefficient (Wildman–Crippen LogP) is 5.34. The summed E-state index contributed by atoms with van der Waals surface area (Å²) in [4.78, 5) is 29.3. The second-order valence-electron chi connectivity index (χ2n) is 9.94. The zero-order chi connectivity index (χ0) is 25.5. The van der Waals surface area contributed by atoms with Gasteiger partial charge in [0, 0.05) is 33.5 Å². The van der Waals surface area contributed by atoms with Crippen LogP contribution in [0.5, 0.6) is 11.5 Å². The number of rotatable bonds is 6. The molecule has 1 aliphatic heterocycles. The van der Waals surface area contributed by atoms with Crippen molar-refractivity contribution in [3.63, 3.8) is 0 Å². The average Bonchev–Trinajstić information content (AvgIpc) is 3.43. The second-order valence-corrected chi connectivity index (χ2v) is 9.94. The van der Waals surface area contributed by atoms with E-state index in [2.05, 4.69) is 9.55 Å². The number of para-hydroxylation sites is 2. The van der Waals surface area contributed by atoms with Crippen LogP contribution in [0.2, 0.25) is 0 Å². The van der Waals surface area contributed by atoms with Gasteiger partial charge >= 0.3 is 5.97 Å². The summed E-state index contributed by atoms with van der Waals surface area (Å²) >= 11 is 0. The maximum absolute atomic E-state index is 13.0. The Morgan fingerprint density at radius 2 is 1.86 bits per heavy atom. The molecule has 1 aliphatic carbocycles. The molecule has 3 heterocycles. The molecule has 6 rings (SSSR count). The number of hydrogen-bond acceptors (Lipinski definition) is 5. The highest BCUT2D eigenvalue weighted by molar-refractivity contribution is 6.01. The first-order chi connectivity index (χ1) is 18.0. The van der Waals surface area contributed by atoms with Crippen LogP contribution in [0.3, 0.4) is 0 Å². The zero-order valence-electron chi connectivity index (χ0n) is 21.1. The highest BCUT2D eigenvalue weighted by Gasteiger charge is 2.25. The molecule has 0 amide bonds. The number of hydrogen-bond donors (Lipinski definition) is 1. The van der Waals surface area contributed by atoms with Gasteiger partial charge in [-0.05, 0) is 81.5 Å². The molecule has 0 unspecified atom stereocenters. The molecule has 4 aromatic rings. The fourth-order valence-corrected chi connectivity index (χ4v) is 5.55. The topological polar surface area (TPSA) is 82.6 Å². The lowest BCUT2D eigenvalue weighted by Gasteiger charge is -2.27. The van der Waals surface area contributed by atoms with Crippen molar-refractivity contribution in [2.75, 3.05) is 13.2 Å². The van der Waals surface area contributed by atoms with Gasteiger partial charge in [-0.2, -0.15) is 0 Å². The number of carbonyl (C=O) groups is 2. The predicted molar refractivity (Wildman–Crippen MR) is 140 cm³/mol. The summed E-state index contributed by atoms with van der Waals surface area (Å²) < 4.78 is 19.4. The highest BCUT2D eigenvalue weighted by Crippen LogP contribution is 2.32. The molecule has 0 bridgehead atoms. The van der Waals surface area contributed by atoms with Gasteiger partial charge in [-0.15, -0.1) is 0 Å². The zero-order valence-corrected chi connectivity index (χ0v) is 21.1. The molecule has 0 fully saturated rings. The van der Waals surface area contributed by atoms with Gasteiger partial charge in [-0.25, -0.2) is 4.79 Å². The van der Waals surface area contributed by atoms with Crippen molar-refractivity contribution in [2.45, 2.75) is 52.2 Å². The summed E-state index contributed by atoms with van der Waals surface area (Å²) in [7, 11) is 0. The summed E-state index contributed by atoms with van der Waals surface area (Å²) in [5.41, 5.74) is 6.40. The minimum atomic E-state index is -0.485. The quantitative estimate of drug-likeness (QED) is 0.286. The van der Waals surface area contributed by atoms with Crippen molar-refractivity contribution in [3.05, 3.63) is 82.3 Å². The summed E-state index contributed by atoms with van der Waals surface area (Å²) in [6.45, 7) is 4.55. The fourth-order valence-electron chi connectivity index (χ4n) is 5.55. The molecule has 7 heteroatoms. The SMILES string of the molecule is Cc1cc(C(=O)COC(=O)c2ccc3[nH]c4c(c3c2)CCCC4)c(C)n1C[C@@H]1COc2ccccc2O1. The van der Waals surface area contributed by atoms with Crippen LogP contribution in [0.4, 0.5) is 0 Å². The average molecular weight is 499 g/mol. The molecule has 0 saturated heterocycles. The van der Waals surface area contributed by atoms with Gasteiger partial charge in [0.2, 0.25) is 5.78 Å². The standard InChI is InChI=1S/C30H30N2O5/c1-18-13-23(19(2)32(18)15-21-16-35-28-9-5-6-10-29(28)37-21)27(33)17-36-30(34)20-11-12-26-24(14-20)22-7-3-4-8-25(22)31-26/h5-6,9-14,21,31H,3-4,7-8,15-17H2,1-2H3/t21-/m1/s1. The van der Waals surface area contributed by atoms with Crippen LogP contribution in [0, 0.1) is 13.8 Å². The van der Waals surface area contributed by atoms with Gasteiger partial charge in [0.25, 0.3) is 0 Å². The van der Waals surface area contributed by atoms with E-state index in [9.17, 15) is 9.59 Å². The Hall–Kier alpha value is -4.00. The normalized spacial score (nSPS) is 16.4. The highest BCUT2D eigenvalue weighted by atomic mass is 16.6. The maximum Gasteiger partial charge on any atom is 0.338 e. The Morgan fingerprint density at radius 3 is 2.73 bits per heavy atom. The number of aryl methyl sites for hydroxylation is 3. The third kappa shape index (κ3) is 4.39. The van der Waals surface area contributed by atoms with E-state index in [0.29, 0.717) is 24.3 Å². The minimum Gasteiger partial charge on any atom is -0.486 e. The van der Waals surface area contributed by atoms with Crippen molar-refractivity contribution >= 4 is 22.7 Å². The summed E-state index contributed by atoms with van der Waals surface area (Å²) in [5.74, 6) is 0.760. The lowest BCUT2D eigenvalue weighted by molar-refractivity contribution is 0.0474. The number of aromatic nitrogens is 2. The Kier molecular flexibility index (Phi) is 5.99. The van der Waals surface area contributed by atoms with Gasteiger partial charge in [-0.1, -0.05) is 12.1 Å². The first-order valence-corrected chi connectivity index (χ1v) is 12.9. The first kappa shape index (κ1) is 23.4. The number of benzene rings is 2. The number of aromatic amines is 1. The molecule has 1 atom stereocenters. The molecule has 37 heavy (non-hydrogen) atoms. The molecule has 2 aromatic heterocycles. The summed E-state index contributed by atoms with van der Waals surface area (Å²) in [6.07, 6.45) is 4.24. The third-order valence-electron chi connectivity index (χ3n) is 7.50. The molecule has 1 N–H and O–H groups in total. The molecular formula is C30H30N2O5. The number of esters is 1. The lowest BCUT2D eigenvalue weighted by Crippen LogP contribution is -2.33. The fraction of sp³-hybridized carbons (Fsp3) is 0.333. The molecule has 0 radical (unpaired) electrons. The summed E-state index contributed by atoms with van der Waals surface area (Å²) in [5, 5.41) is 1.08. The van der Waals surface area contributed by atoms with Crippen LogP contribution in [0.25, 0.3) is 10.9 Å². The van der Waals surface area contributed by atoms with Crippen LogP contribution in [-0.4, -0.2) is 40.6 Å². The molecule has 190 valence electrons. The molecular weight excluding hydrogens is 468 g/mol. The van der Waals surface area contributed by atoms with Gasteiger partial charge in [-0.3, -0.25) is 4.79 Å². The number of ketones is 1. The molecule has 0 saturated carbocycles. The van der Waals surface area contributed by atoms with E-state index in [1.165, 1.54) is 17.7 Å². The number of Topliss-reactive ketones (excluding diaryl/α,β-unsaturated/α-hetero) is 1. The van der Waals surface area contributed by atoms with E-state index in [1.54, 1.807) is 6.07 Å². The molecule has 0 spiro atoms. The monoisotopic (exact) mass is 498 g/mol. The molecule has 2 aromatic carbocycles. The van der Waals surface area contributed by atoms with Gasteiger partial charge in [0.15, 0.2) is 24.2 Å². The Morgan fingerprint density at radius 1 is 1.05 bits per heavy atom. The van der Waals surface area contributed by atoms with Crippen LogP contribution < -0.4 is 9.47 Å². The number of nitrogens with zero attached hydrogens (tertiary/aromatic N) is 1. The van der Waals surface area contributed by atoms with E-state index in [-0.39, 0.29) is 18.5 Å². The number of carbonyl (C=O) groups excluding carboxylic acids is 2. The summed E-state index contributed by atoms with van der Waals surface area (Å²) in [6, 6.07) is 15.0. The van der Waals surface area contributed by atoms with Crippen molar-refractivity contribution in [3.8, 4) is 11.5 Å². The van der Waals surface area contributed by atoms with E-state index >= 15 is 0 Å². The van der Waals surface area contributed by atoms with Gasteiger partial charge in [0.05, 0.1) is 12.1 Å². The number of ether oxygens (including phenoxy) is 3. The van der Waals surface area contributed by atoms with Crippen LogP contribution >= 0.6 is 0 Å². The van der Waals surface area contributed by atoms with Crippen molar-refractivity contribution in [1.82, 2.24) is 9.55 Å². The van der Waals surface area contributed by atoms with E-state index in [0.717, 1.165) is 53.1 Å². The maximum atomic E-state index is 13.0. The molecule has 7 nitrogen and oxygen atoms in total. The molecule has 2 aliphatic rings. The smallest absolute Gasteiger partial charge is 0.338 e. The van der Waals surface area contributed by atoms with E-state index in [1.807, 2.05) is 56.3 Å². The van der Waals surface area contributed by atoms with Gasteiger partial charge in [0.1, 0.15) is 6.61 Å². The third-order valence-corrected chi connectivity index (χ3v) is 7.50. The number of nitrogens with one attached hydrogen (secondary N) is 1. The Labute approximate surface area is 215 Å². The Bertz CT molecular complexity index is 1510. The first-order valence-electron chi connectivity index (χ1n) is 12.9. The van der Waals surface area contributed by atoms with E-state index < -0.39 is 5.97 Å². The van der Waals surface area contributed by atoms with Crippen molar-refractivity contribution < 1.29 is 23.8 Å². The van der Waals surface area contributed by atoms with Crippen molar-refractivity contribution in [2.24, 2.45) is 0 Å². The Balaban J connectivity index is 1.12. The van der Waals surface area contributed by atoms with Gasteiger partial charge < -0.3 is 23.8 Å². The lowest BCUT2D eigenvalue weighted by atomic mass is 9.95. The van der Waals surface area contributed by atoms with Crippen molar-refractivity contribution in [1.29, 1.82) is 0 Å².